The van der Waals surface area contributed by atoms with Crippen molar-refractivity contribution >= 4 is 15.2 Å². The third-order valence-corrected chi connectivity index (χ3v) is 4.62. The average Bonchev–Trinajstić information content (AvgIpc) is 1.96. The third kappa shape index (κ3) is 7.40. The van der Waals surface area contributed by atoms with E-state index in [4.69, 9.17) is 18.8 Å². The summed E-state index contributed by atoms with van der Waals surface area (Å²) in [5.74, 6) is 0. The van der Waals surface area contributed by atoms with Crippen LogP contribution in [0.25, 0.3) is 0 Å². The molecule has 0 atom stereocenters. The van der Waals surface area contributed by atoms with E-state index in [1.54, 1.807) is 0 Å². The van der Waals surface area contributed by atoms with E-state index in [0.717, 1.165) is 12.5 Å². The minimum absolute atomic E-state index is 0.372. The van der Waals surface area contributed by atoms with E-state index in [2.05, 4.69) is 27.0 Å². The van der Waals surface area contributed by atoms with Crippen molar-refractivity contribution in [1.82, 2.24) is 0 Å². The summed E-state index contributed by atoms with van der Waals surface area (Å²) in [6.07, 6.45) is 0.823. The van der Waals surface area contributed by atoms with Crippen molar-refractivity contribution in [2.75, 3.05) is 12.3 Å². The lowest BCUT2D eigenvalue weighted by Gasteiger charge is -2.27. The highest BCUT2D eigenvalue weighted by Crippen LogP contribution is 2.55. The van der Waals surface area contributed by atoms with Gasteiger partial charge in [-0.15, -0.1) is 0 Å². The number of hydrogen-bond acceptors (Lipinski definition) is 4. The Morgan fingerprint density at radius 1 is 1.06 bits per heavy atom. The van der Waals surface area contributed by atoms with Crippen LogP contribution < -0.4 is 0 Å². The molecule has 2 N–H and O–H groups in total. The van der Waals surface area contributed by atoms with Gasteiger partial charge in [0.05, 0.1) is 24.8 Å². The highest BCUT2D eigenvalue weighted by molar-refractivity contribution is 7.54. The van der Waals surface area contributed by atoms with Crippen LogP contribution in [0.1, 0.15) is 0 Å². The first-order chi connectivity index (χ1) is 7.54. The maximum Gasteiger partial charge on any atom is 0.430 e. The quantitative estimate of drug-likeness (QED) is 0.524. The number of hydrogen-bond donors (Lipinski definition) is 2. The van der Waals surface area contributed by atoms with E-state index in [1.807, 2.05) is 0 Å². The summed E-state index contributed by atoms with van der Waals surface area (Å²) >= 11 is 0. The fourth-order valence-corrected chi connectivity index (χ4v) is 3.97. The molecule has 0 aromatic carbocycles. The molecule has 98 valence electrons. The maximum atomic E-state index is 12.0. The van der Waals surface area contributed by atoms with Gasteiger partial charge in [-0.1, -0.05) is 13.2 Å². The highest BCUT2D eigenvalue weighted by Gasteiger charge is 2.38. The van der Waals surface area contributed by atoms with Crippen LogP contribution in [0.15, 0.2) is 25.7 Å². The standard InChI is InChI=1S/C9H16O6P2/c1-5-14-17(13,15-6-2)8-9(3,4)7-16(10,11)12/h5-6H,1-4,7-8H2,(H2,10,11,12). The summed E-state index contributed by atoms with van der Waals surface area (Å²) in [5.41, 5.74) is -1.40. The van der Waals surface area contributed by atoms with Crippen molar-refractivity contribution in [1.29, 1.82) is 0 Å². The Morgan fingerprint density at radius 3 is 1.76 bits per heavy atom. The molecule has 0 spiro atoms. The molecule has 2 radical (unpaired) electrons. The molecule has 17 heavy (non-hydrogen) atoms. The summed E-state index contributed by atoms with van der Waals surface area (Å²) in [4.78, 5) is 17.7. The Balaban J connectivity index is 4.86. The molecule has 0 aliphatic carbocycles. The second-order valence-corrected chi connectivity index (χ2v) is 7.24. The van der Waals surface area contributed by atoms with Gasteiger partial charge in [-0.3, -0.25) is 4.57 Å². The zero-order valence-electron chi connectivity index (χ0n) is 9.32. The molecule has 0 saturated heterocycles. The van der Waals surface area contributed by atoms with Gasteiger partial charge >= 0.3 is 15.2 Å². The van der Waals surface area contributed by atoms with Crippen molar-refractivity contribution < 1.29 is 28.0 Å². The maximum absolute atomic E-state index is 12.0. The normalized spacial score (nSPS) is 12.9. The van der Waals surface area contributed by atoms with Gasteiger partial charge in [0.2, 0.25) is 0 Å². The Labute approximate surface area is 101 Å². The molecule has 0 aromatic heterocycles. The summed E-state index contributed by atoms with van der Waals surface area (Å²) in [6.45, 7) is 13.5. The van der Waals surface area contributed by atoms with Gasteiger partial charge in [-0.25, -0.2) is 4.57 Å². The van der Waals surface area contributed by atoms with Crippen molar-refractivity contribution in [3.8, 4) is 0 Å². The predicted molar refractivity (Wildman–Crippen MR) is 65.1 cm³/mol. The summed E-state index contributed by atoms with van der Waals surface area (Å²) < 4.78 is 32.3. The zero-order valence-corrected chi connectivity index (χ0v) is 11.1. The van der Waals surface area contributed by atoms with Gasteiger partial charge in [0.1, 0.15) is 0 Å². The molecular formula is C9H16O6P2. The minimum atomic E-state index is -4.32. The molecule has 0 fully saturated rings. The third-order valence-electron chi connectivity index (χ3n) is 1.54. The van der Waals surface area contributed by atoms with E-state index in [1.165, 1.54) is 0 Å². The van der Waals surface area contributed by atoms with Gasteiger partial charge in [-0.2, -0.15) is 0 Å². The second kappa shape index (κ2) is 5.87. The smallest absolute Gasteiger partial charge is 0.425 e. The van der Waals surface area contributed by atoms with Crippen molar-refractivity contribution in [2.24, 2.45) is 5.41 Å². The predicted octanol–water partition coefficient (Wildman–Crippen LogP) is 2.33. The average molecular weight is 282 g/mol. The SMILES string of the molecule is [CH2]C([CH2])(CP(=O)(O)O)CP(=O)(OC=C)OC=C. The molecule has 0 unspecified atom stereocenters. The van der Waals surface area contributed by atoms with E-state index in [9.17, 15) is 9.13 Å². The highest BCUT2D eigenvalue weighted by atomic mass is 31.2. The van der Waals surface area contributed by atoms with E-state index in [0.29, 0.717) is 0 Å². The fraction of sp³-hybridized carbons (Fsp3) is 0.333. The molecule has 0 saturated carbocycles. The summed E-state index contributed by atoms with van der Waals surface area (Å²) in [7, 11) is -7.95. The number of rotatable bonds is 8. The van der Waals surface area contributed by atoms with Crippen LogP contribution in [0, 0.1) is 19.3 Å². The Hall–Kier alpha value is -0.540. The van der Waals surface area contributed by atoms with Gasteiger partial charge in [-0.05, 0) is 19.3 Å². The molecular weight excluding hydrogens is 266 g/mol. The van der Waals surface area contributed by atoms with Crippen molar-refractivity contribution in [3.05, 3.63) is 39.5 Å². The van der Waals surface area contributed by atoms with Crippen LogP contribution >= 0.6 is 15.2 Å². The fourth-order valence-electron chi connectivity index (χ4n) is 1.22. The lowest BCUT2D eigenvalue weighted by Crippen LogP contribution is -2.23. The molecule has 0 aliphatic rings. The summed E-state index contributed by atoms with van der Waals surface area (Å²) in [6, 6.07) is 0. The van der Waals surface area contributed by atoms with Crippen LogP contribution in [0.2, 0.25) is 0 Å². The molecule has 0 heterocycles. The Morgan fingerprint density at radius 2 is 1.47 bits per heavy atom. The molecule has 6 nitrogen and oxygen atoms in total. The lowest BCUT2D eigenvalue weighted by molar-refractivity contribution is 0.314. The topological polar surface area (TPSA) is 93.1 Å². The molecule has 0 aromatic rings. The molecule has 0 rings (SSSR count). The van der Waals surface area contributed by atoms with Crippen LogP contribution in [0.4, 0.5) is 0 Å². The van der Waals surface area contributed by atoms with Crippen molar-refractivity contribution in [3.63, 3.8) is 0 Å². The van der Waals surface area contributed by atoms with Crippen LogP contribution in [-0.2, 0) is 18.2 Å². The molecule has 0 aliphatic heterocycles. The molecule has 8 heteroatoms. The van der Waals surface area contributed by atoms with E-state index in [-0.39, 0.29) is 6.16 Å². The monoisotopic (exact) mass is 282 g/mol. The largest absolute Gasteiger partial charge is 0.430 e. The first-order valence-electron chi connectivity index (χ1n) is 4.46. The zero-order chi connectivity index (χ0) is 13.7. The van der Waals surface area contributed by atoms with Crippen LogP contribution in [0.3, 0.4) is 0 Å². The molecule has 0 amide bonds. The van der Waals surface area contributed by atoms with Gasteiger partial charge in [0.15, 0.2) is 0 Å². The first-order valence-corrected chi connectivity index (χ1v) is 7.99. The van der Waals surface area contributed by atoms with Gasteiger partial charge in [0.25, 0.3) is 0 Å². The van der Waals surface area contributed by atoms with Crippen molar-refractivity contribution in [2.45, 2.75) is 0 Å². The molecule has 0 bridgehead atoms. The van der Waals surface area contributed by atoms with Gasteiger partial charge in [0, 0.05) is 0 Å². The van der Waals surface area contributed by atoms with E-state index < -0.39 is 26.8 Å². The summed E-state index contributed by atoms with van der Waals surface area (Å²) in [5, 5.41) is 0. The van der Waals surface area contributed by atoms with Gasteiger partial charge < -0.3 is 18.8 Å². The lowest BCUT2D eigenvalue weighted by atomic mass is 10.0. The van der Waals surface area contributed by atoms with E-state index >= 15 is 0 Å². The van der Waals surface area contributed by atoms with Crippen LogP contribution in [-0.4, -0.2) is 22.1 Å². The minimum Gasteiger partial charge on any atom is -0.425 e. The second-order valence-electron chi connectivity index (χ2n) is 3.64. The Kier molecular flexibility index (Phi) is 5.69. The van der Waals surface area contributed by atoms with Crippen LogP contribution in [0.5, 0.6) is 0 Å². The Bertz CT molecular complexity index is 356. The first kappa shape index (κ1) is 16.5.